The first-order valence-electron chi connectivity index (χ1n) is 8.40. The van der Waals surface area contributed by atoms with Crippen molar-refractivity contribution in [2.24, 2.45) is 0 Å². The van der Waals surface area contributed by atoms with Crippen molar-refractivity contribution >= 4 is 23.2 Å². The molecular weight excluding hydrogens is 296 g/mol. The van der Waals surface area contributed by atoms with E-state index in [4.69, 9.17) is 11.6 Å². The van der Waals surface area contributed by atoms with Crippen molar-refractivity contribution < 1.29 is 4.79 Å². The van der Waals surface area contributed by atoms with Gasteiger partial charge in [-0.2, -0.15) is 0 Å². The summed E-state index contributed by atoms with van der Waals surface area (Å²) in [6.45, 7) is 3.86. The maximum Gasteiger partial charge on any atom is 0.241 e. The Balaban J connectivity index is 1.89. The smallest absolute Gasteiger partial charge is 0.241 e. The van der Waals surface area contributed by atoms with Crippen molar-refractivity contribution in [3.63, 3.8) is 0 Å². The van der Waals surface area contributed by atoms with Crippen molar-refractivity contribution in [2.75, 3.05) is 5.32 Å². The zero-order valence-corrected chi connectivity index (χ0v) is 14.4. The number of hydrogen-bond donors (Lipinski definition) is 2. The molecule has 22 heavy (non-hydrogen) atoms. The molecule has 1 saturated carbocycles. The van der Waals surface area contributed by atoms with Crippen molar-refractivity contribution in [1.82, 2.24) is 5.32 Å². The number of nitrogens with one attached hydrogen (secondary N) is 2. The fourth-order valence-corrected chi connectivity index (χ4v) is 3.21. The zero-order chi connectivity index (χ0) is 15.9. The molecule has 3 nitrogen and oxygen atoms in total. The van der Waals surface area contributed by atoms with E-state index >= 15 is 0 Å². The predicted molar refractivity (Wildman–Crippen MR) is 93.5 cm³/mol. The molecule has 1 amide bonds. The van der Waals surface area contributed by atoms with Gasteiger partial charge in [-0.1, -0.05) is 49.8 Å². The summed E-state index contributed by atoms with van der Waals surface area (Å²) >= 11 is 6.10. The minimum Gasteiger partial charge on any atom is -0.324 e. The summed E-state index contributed by atoms with van der Waals surface area (Å²) in [4.78, 5) is 12.4. The summed E-state index contributed by atoms with van der Waals surface area (Å²) < 4.78 is 0. The van der Waals surface area contributed by atoms with Crippen LogP contribution in [0.4, 0.5) is 5.69 Å². The van der Waals surface area contributed by atoms with Gasteiger partial charge in [0.25, 0.3) is 0 Å². The third-order valence-electron chi connectivity index (χ3n) is 4.51. The fourth-order valence-electron chi connectivity index (χ4n) is 3.04. The van der Waals surface area contributed by atoms with E-state index in [1.54, 1.807) is 0 Å². The van der Waals surface area contributed by atoms with Crippen LogP contribution in [-0.2, 0) is 4.79 Å². The van der Waals surface area contributed by atoms with Crippen LogP contribution in [0.5, 0.6) is 0 Å². The Kier molecular flexibility index (Phi) is 6.71. The van der Waals surface area contributed by atoms with Crippen LogP contribution in [0.15, 0.2) is 18.2 Å². The lowest BCUT2D eigenvalue weighted by molar-refractivity contribution is -0.118. The maximum absolute atomic E-state index is 12.4. The van der Waals surface area contributed by atoms with Crippen molar-refractivity contribution in [3.8, 4) is 0 Å². The summed E-state index contributed by atoms with van der Waals surface area (Å²) in [6, 6.07) is 5.85. The van der Waals surface area contributed by atoms with Gasteiger partial charge in [0.15, 0.2) is 0 Å². The number of carbonyl (C=O) groups is 1. The number of carbonyl (C=O) groups excluding carboxylic acids is 1. The Bertz CT molecular complexity index is 496. The van der Waals surface area contributed by atoms with Crippen LogP contribution in [0.2, 0.25) is 5.02 Å². The minimum atomic E-state index is -0.192. The highest BCUT2D eigenvalue weighted by molar-refractivity contribution is 6.31. The summed E-state index contributed by atoms with van der Waals surface area (Å²) in [6.07, 6.45) is 8.87. The van der Waals surface area contributed by atoms with Crippen LogP contribution in [-0.4, -0.2) is 18.0 Å². The summed E-state index contributed by atoms with van der Waals surface area (Å²) in [5, 5.41) is 7.16. The SMILES string of the molecule is Cc1c(Cl)cccc1NC(=O)[C@H](C)NC1CCCCCCC1. The zero-order valence-electron chi connectivity index (χ0n) is 13.6. The van der Waals surface area contributed by atoms with Gasteiger partial charge >= 0.3 is 0 Å². The monoisotopic (exact) mass is 322 g/mol. The highest BCUT2D eigenvalue weighted by Crippen LogP contribution is 2.23. The molecule has 0 unspecified atom stereocenters. The fraction of sp³-hybridized carbons (Fsp3) is 0.611. The number of benzene rings is 1. The molecule has 1 fully saturated rings. The Hall–Kier alpha value is -1.06. The third-order valence-corrected chi connectivity index (χ3v) is 4.92. The number of amides is 1. The standard InChI is InChI=1S/C18H27ClN2O/c1-13-16(19)11-8-12-17(13)21-18(22)14(2)20-15-9-6-4-3-5-7-10-15/h8,11-12,14-15,20H,3-7,9-10H2,1-2H3,(H,21,22)/t14-/m0/s1. The van der Waals surface area contributed by atoms with Gasteiger partial charge in [0.1, 0.15) is 0 Å². The molecule has 0 radical (unpaired) electrons. The van der Waals surface area contributed by atoms with Crippen LogP contribution in [0.25, 0.3) is 0 Å². The molecule has 122 valence electrons. The van der Waals surface area contributed by atoms with Crippen molar-refractivity contribution in [3.05, 3.63) is 28.8 Å². The number of halogens is 1. The average molecular weight is 323 g/mol. The van der Waals surface area contributed by atoms with E-state index in [1.807, 2.05) is 32.0 Å². The Labute approximate surface area is 138 Å². The molecular formula is C18H27ClN2O. The second kappa shape index (κ2) is 8.54. The molecule has 0 bridgehead atoms. The molecule has 2 rings (SSSR count). The van der Waals surface area contributed by atoms with Crippen LogP contribution < -0.4 is 10.6 Å². The molecule has 1 aromatic rings. The minimum absolute atomic E-state index is 0.00688. The van der Waals surface area contributed by atoms with Gasteiger partial charge in [-0.15, -0.1) is 0 Å². The first kappa shape index (κ1) is 17.3. The number of anilines is 1. The molecule has 0 heterocycles. The van der Waals surface area contributed by atoms with Crippen LogP contribution in [0.1, 0.15) is 57.4 Å². The maximum atomic E-state index is 12.4. The first-order chi connectivity index (χ1) is 10.6. The van der Waals surface area contributed by atoms with Crippen LogP contribution in [0, 0.1) is 6.92 Å². The predicted octanol–water partition coefficient (Wildman–Crippen LogP) is 4.68. The molecule has 1 atom stereocenters. The third kappa shape index (κ3) is 4.99. The molecule has 0 saturated heterocycles. The molecule has 1 aromatic carbocycles. The Morgan fingerprint density at radius 1 is 1.18 bits per heavy atom. The normalized spacial score (nSPS) is 18.3. The number of rotatable bonds is 4. The van der Waals surface area contributed by atoms with Gasteiger partial charge in [-0.25, -0.2) is 0 Å². The molecule has 0 aliphatic heterocycles. The van der Waals surface area contributed by atoms with Gasteiger partial charge in [0, 0.05) is 16.8 Å². The van der Waals surface area contributed by atoms with E-state index < -0.39 is 0 Å². The second-order valence-electron chi connectivity index (χ2n) is 6.33. The van der Waals surface area contributed by atoms with Crippen molar-refractivity contribution in [1.29, 1.82) is 0 Å². The van der Waals surface area contributed by atoms with Gasteiger partial charge in [-0.05, 0) is 44.4 Å². The molecule has 1 aliphatic carbocycles. The number of hydrogen-bond acceptors (Lipinski definition) is 2. The Morgan fingerprint density at radius 2 is 1.82 bits per heavy atom. The topological polar surface area (TPSA) is 41.1 Å². The van der Waals surface area contributed by atoms with Crippen molar-refractivity contribution in [2.45, 2.75) is 70.9 Å². The van der Waals surface area contributed by atoms with Gasteiger partial charge < -0.3 is 10.6 Å². The van der Waals surface area contributed by atoms with E-state index in [0.717, 1.165) is 11.3 Å². The van der Waals surface area contributed by atoms with Gasteiger partial charge in [0.05, 0.1) is 6.04 Å². The van der Waals surface area contributed by atoms with E-state index in [9.17, 15) is 4.79 Å². The highest BCUT2D eigenvalue weighted by atomic mass is 35.5. The van der Waals surface area contributed by atoms with E-state index in [0.29, 0.717) is 11.1 Å². The Morgan fingerprint density at radius 3 is 2.50 bits per heavy atom. The molecule has 2 N–H and O–H groups in total. The van der Waals surface area contributed by atoms with E-state index in [1.165, 1.54) is 44.9 Å². The summed E-state index contributed by atoms with van der Waals surface area (Å²) in [7, 11) is 0. The van der Waals surface area contributed by atoms with E-state index in [-0.39, 0.29) is 11.9 Å². The molecule has 0 aromatic heterocycles. The lowest BCUT2D eigenvalue weighted by Gasteiger charge is -2.25. The lowest BCUT2D eigenvalue weighted by atomic mass is 9.96. The summed E-state index contributed by atoms with van der Waals surface area (Å²) in [5.41, 5.74) is 1.71. The molecule has 0 spiro atoms. The highest BCUT2D eigenvalue weighted by Gasteiger charge is 2.19. The summed E-state index contributed by atoms with van der Waals surface area (Å²) in [5.74, 6) is 0.00688. The second-order valence-corrected chi connectivity index (χ2v) is 6.74. The average Bonchev–Trinajstić information content (AvgIpc) is 2.46. The first-order valence-corrected chi connectivity index (χ1v) is 8.77. The van der Waals surface area contributed by atoms with Crippen LogP contribution in [0.3, 0.4) is 0 Å². The van der Waals surface area contributed by atoms with Gasteiger partial charge in [0.2, 0.25) is 5.91 Å². The lowest BCUT2D eigenvalue weighted by Crippen LogP contribution is -2.44. The molecule has 4 heteroatoms. The van der Waals surface area contributed by atoms with Gasteiger partial charge in [-0.3, -0.25) is 4.79 Å². The van der Waals surface area contributed by atoms with Crippen LogP contribution >= 0.6 is 11.6 Å². The van der Waals surface area contributed by atoms with E-state index in [2.05, 4.69) is 10.6 Å². The molecule has 1 aliphatic rings. The largest absolute Gasteiger partial charge is 0.324 e. The quantitative estimate of drug-likeness (QED) is 0.845.